The Balaban J connectivity index is 2.48. The van der Waals surface area contributed by atoms with E-state index in [2.05, 4.69) is 4.72 Å². The summed E-state index contributed by atoms with van der Waals surface area (Å²) in [6.07, 6.45) is 1.04. The number of carbonyl (C=O) groups excluding carboxylic acids is 1. The molecule has 23 heavy (non-hydrogen) atoms. The van der Waals surface area contributed by atoms with Crippen LogP contribution >= 0.6 is 0 Å². The quantitative estimate of drug-likeness (QED) is 0.821. The van der Waals surface area contributed by atoms with E-state index < -0.39 is 10.0 Å². The summed E-state index contributed by atoms with van der Waals surface area (Å²) in [5.74, 6) is 0.965. The van der Waals surface area contributed by atoms with E-state index in [4.69, 9.17) is 9.47 Å². The molecule has 0 heterocycles. The molecule has 6 nitrogen and oxygen atoms in total. The lowest BCUT2D eigenvalue weighted by Gasteiger charge is -2.15. The van der Waals surface area contributed by atoms with Crippen molar-refractivity contribution in [3.8, 4) is 17.2 Å². The second-order valence-electron chi connectivity index (χ2n) is 4.89. The molecule has 0 radical (unpaired) electrons. The van der Waals surface area contributed by atoms with E-state index >= 15 is 0 Å². The Morgan fingerprint density at radius 1 is 1.04 bits per heavy atom. The molecule has 1 N–H and O–H groups in total. The topological polar surface area (TPSA) is 81.7 Å². The maximum absolute atomic E-state index is 11.6. The van der Waals surface area contributed by atoms with Crippen molar-refractivity contribution in [1.82, 2.24) is 0 Å². The molecule has 0 saturated heterocycles. The Labute approximate surface area is 135 Å². The summed E-state index contributed by atoms with van der Waals surface area (Å²) in [6, 6.07) is 11.5. The van der Waals surface area contributed by atoms with Crippen LogP contribution in [0.25, 0.3) is 0 Å². The molecule has 7 heteroatoms. The van der Waals surface area contributed by atoms with E-state index in [1.165, 1.54) is 32.2 Å². The van der Waals surface area contributed by atoms with Crippen LogP contribution in [-0.2, 0) is 10.0 Å². The lowest BCUT2D eigenvalue weighted by atomic mass is 10.1. The first-order valence-electron chi connectivity index (χ1n) is 6.74. The van der Waals surface area contributed by atoms with E-state index in [1.54, 1.807) is 24.3 Å². The van der Waals surface area contributed by atoms with Crippen molar-refractivity contribution in [3.05, 3.63) is 48.0 Å². The smallest absolute Gasteiger partial charge is 0.229 e. The zero-order valence-electron chi connectivity index (χ0n) is 13.0. The number of ether oxygens (including phenoxy) is 2. The van der Waals surface area contributed by atoms with Crippen molar-refractivity contribution >= 4 is 21.5 Å². The number of ketones is 1. The highest BCUT2D eigenvalue weighted by Crippen LogP contribution is 2.36. The zero-order chi connectivity index (χ0) is 17.0. The molecule has 0 aromatic heterocycles. The van der Waals surface area contributed by atoms with Gasteiger partial charge >= 0.3 is 0 Å². The lowest BCUT2D eigenvalue weighted by Crippen LogP contribution is -2.11. The number of sulfonamides is 1. The third kappa shape index (κ3) is 4.46. The Morgan fingerprint density at radius 2 is 1.70 bits per heavy atom. The van der Waals surface area contributed by atoms with Crippen LogP contribution in [-0.4, -0.2) is 27.6 Å². The molecular formula is C16H17NO5S. The summed E-state index contributed by atoms with van der Waals surface area (Å²) >= 11 is 0. The van der Waals surface area contributed by atoms with Gasteiger partial charge in [0.05, 0.1) is 19.1 Å². The molecule has 2 aromatic carbocycles. The van der Waals surface area contributed by atoms with Gasteiger partial charge in [0, 0.05) is 5.56 Å². The predicted octanol–water partition coefficient (Wildman–Crippen LogP) is 3.06. The second kappa shape index (κ2) is 6.70. The number of para-hydroxylation sites is 2. The molecule has 0 saturated carbocycles. The van der Waals surface area contributed by atoms with Crippen molar-refractivity contribution in [3.63, 3.8) is 0 Å². The molecule has 0 aliphatic heterocycles. The highest BCUT2D eigenvalue weighted by molar-refractivity contribution is 7.92. The summed E-state index contributed by atoms with van der Waals surface area (Å²) in [7, 11) is -1.98. The maximum atomic E-state index is 11.6. The third-order valence-corrected chi connectivity index (χ3v) is 3.56. The van der Waals surface area contributed by atoms with Gasteiger partial charge in [0.2, 0.25) is 10.0 Å². The van der Waals surface area contributed by atoms with E-state index in [9.17, 15) is 13.2 Å². The molecule has 0 aliphatic carbocycles. The third-order valence-electron chi connectivity index (χ3n) is 2.97. The number of benzene rings is 2. The first-order valence-corrected chi connectivity index (χ1v) is 8.63. The lowest BCUT2D eigenvalue weighted by molar-refractivity contribution is 0.101. The molecular weight excluding hydrogens is 318 g/mol. The van der Waals surface area contributed by atoms with Crippen molar-refractivity contribution in [2.75, 3.05) is 18.1 Å². The number of carbonyl (C=O) groups is 1. The number of nitrogens with one attached hydrogen (secondary N) is 1. The number of rotatable bonds is 6. The van der Waals surface area contributed by atoms with E-state index in [-0.39, 0.29) is 17.2 Å². The second-order valence-corrected chi connectivity index (χ2v) is 6.64. The van der Waals surface area contributed by atoms with Crippen molar-refractivity contribution in [2.45, 2.75) is 6.92 Å². The van der Waals surface area contributed by atoms with Crippen molar-refractivity contribution < 1.29 is 22.7 Å². The number of hydrogen-bond acceptors (Lipinski definition) is 5. The van der Waals surface area contributed by atoms with Crippen LogP contribution in [0.15, 0.2) is 42.5 Å². The minimum absolute atomic E-state index is 0.152. The molecule has 0 aliphatic rings. The normalized spacial score (nSPS) is 10.9. The molecule has 0 bridgehead atoms. The van der Waals surface area contributed by atoms with Crippen LogP contribution in [0.4, 0.5) is 5.69 Å². The largest absolute Gasteiger partial charge is 0.493 e. The van der Waals surface area contributed by atoms with Gasteiger partial charge in [-0.05, 0) is 37.3 Å². The Bertz CT molecular complexity index is 830. The number of Topliss-reactive ketones (excluding diaryl/α,β-unsaturated/α-hetero) is 1. The Kier molecular flexibility index (Phi) is 4.90. The van der Waals surface area contributed by atoms with Gasteiger partial charge in [-0.25, -0.2) is 8.42 Å². The number of hydrogen-bond donors (Lipinski definition) is 1. The summed E-state index contributed by atoms with van der Waals surface area (Å²) in [5, 5.41) is 0. The highest BCUT2D eigenvalue weighted by atomic mass is 32.2. The number of anilines is 1. The SMILES string of the molecule is COc1ccccc1Oc1cc(C(C)=O)ccc1NS(C)(=O)=O. The summed E-state index contributed by atoms with van der Waals surface area (Å²) in [6.45, 7) is 1.42. The van der Waals surface area contributed by atoms with Gasteiger partial charge in [0.1, 0.15) is 0 Å². The molecule has 2 aromatic rings. The molecule has 0 atom stereocenters. The summed E-state index contributed by atoms with van der Waals surface area (Å²) in [4.78, 5) is 11.6. The zero-order valence-corrected chi connectivity index (χ0v) is 13.8. The summed E-state index contributed by atoms with van der Waals surface area (Å²) in [5.41, 5.74) is 0.650. The minimum atomic E-state index is -3.49. The average Bonchev–Trinajstić information content (AvgIpc) is 2.48. The fourth-order valence-electron chi connectivity index (χ4n) is 1.93. The van der Waals surface area contributed by atoms with Gasteiger partial charge in [-0.3, -0.25) is 9.52 Å². The van der Waals surface area contributed by atoms with Gasteiger partial charge in [-0.1, -0.05) is 12.1 Å². The Morgan fingerprint density at radius 3 is 2.26 bits per heavy atom. The minimum Gasteiger partial charge on any atom is -0.493 e. The standard InChI is InChI=1S/C16H17NO5S/c1-11(18)12-8-9-13(17-23(3,19)20)16(10-12)22-15-7-5-4-6-14(15)21-2/h4-10,17H,1-3H3. The first-order chi connectivity index (χ1) is 10.8. The van der Waals surface area contributed by atoms with Crippen LogP contribution in [0.2, 0.25) is 0 Å². The summed E-state index contributed by atoms with van der Waals surface area (Å²) < 4.78 is 36.3. The molecule has 0 spiro atoms. The van der Waals surface area contributed by atoms with Crippen LogP contribution in [0.1, 0.15) is 17.3 Å². The van der Waals surface area contributed by atoms with E-state index in [0.29, 0.717) is 17.1 Å². The van der Waals surface area contributed by atoms with Gasteiger partial charge in [-0.15, -0.1) is 0 Å². The number of methoxy groups -OCH3 is 1. The van der Waals surface area contributed by atoms with Crippen molar-refractivity contribution in [2.24, 2.45) is 0 Å². The van der Waals surface area contributed by atoms with Crippen molar-refractivity contribution in [1.29, 1.82) is 0 Å². The van der Waals surface area contributed by atoms with Gasteiger partial charge in [0.15, 0.2) is 23.0 Å². The molecule has 122 valence electrons. The van der Waals surface area contributed by atoms with Gasteiger partial charge in [0.25, 0.3) is 0 Å². The monoisotopic (exact) mass is 335 g/mol. The molecule has 2 rings (SSSR count). The predicted molar refractivity (Wildman–Crippen MR) is 88.0 cm³/mol. The van der Waals surface area contributed by atoms with Gasteiger partial charge in [-0.2, -0.15) is 0 Å². The van der Waals surface area contributed by atoms with Crippen LogP contribution < -0.4 is 14.2 Å². The fourth-order valence-corrected chi connectivity index (χ4v) is 2.50. The average molecular weight is 335 g/mol. The molecule has 0 amide bonds. The van der Waals surface area contributed by atoms with Gasteiger partial charge < -0.3 is 9.47 Å². The maximum Gasteiger partial charge on any atom is 0.229 e. The molecule has 0 unspecified atom stereocenters. The van der Waals surface area contributed by atoms with Crippen LogP contribution in [0.3, 0.4) is 0 Å². The molecule has 0 fully saturated rings. The van der Waals surface area contributed by atoms with E-state index in [1.807, 2.05) is 0 Å². The Hall–Kier alpha value is -2.54. The fraction of sp³-hybridized carbons (Fsp3) is 0.188. The first kappa shape index (κ1) is 16.8. The van der Waals surface area contributed by atoms with Crippen LogP contribution in [0, 0.1) is 0 Å². The highest BCUT2D eigenvalue weighted by Gasteiger charge is 2.14. The van der Waals surface area contributed by atoms with E-state index in [0.717, 1.165) is 6.26 Å². The van der Waals surface area contributed by atoms with Crippen LogP contribution in [0.5, 0.6) is 17.2 Å².